The number of carbonyl (C=O) groups excluding carboxylic acids is 2. The Labute approximate surface area is 172 Å². The molecule has 2 aromatic carbocycles. The molecule has 0 bridgehead atoms. The van der Waals surface area contributed by atoms with Crippen LogP contribution in [0, 0.1) is 0 Å². The first-order valence-corrected chi connectivity index (χ1v) is 10.2. The van der Waals surface area contributed by atoms with Gasteiger partial charge in [0.1, 0.15) is 5.75 Å². The number of likely N-dealkylation sites (tertiary alicyclic amines) is 1. The molecule has 2 heterocycles. The molecule has 0 aromatic heterocycles. The van der Waals surface area contributed by atoms with Gasteiger partial charge in [0.15, 0.2) is 6.61 Å². The Kier molecular flexibility index (Phi) is 4.85. The van der Waals surface area contributed by atoms with Crippen LogP contribution >= 0.6 is 0 Å². The molecule has 1 saturated heterocycles. The molecule has 1 spiro atoms. The van der Waals surface area contributed by atoms with Crippen LogP contribution in [0.15, 0.2) is 48.5 Å². The monoisotopic (exact) mass is 392 g/mol. The molecule has 152 valence electrons. The lowest BCUT2D eigenvalue weighted by Gasteiger charge is -2.38. The highest BCUT2D eigenvalue weighted by atomic mass is 16.5. The van der Waals surface area contributed by atoms with E-state index in [1.54, 1.807) is 0 Å². The Bertz CT molecular complexity index is 937. The van der Waals surface area contributed by atoms with Gasteiger partial charge in [-0.1, -0.05) is 57.2 Å². The molecule has 0 unspecified atom stereocenters. The summed E-state index contributed by atoms with van der Waals surface area (Å²) in [6.45, 7) is 7.53. The molecule has 1 fully saturated rings. The first kappa shape index (κ1) is 19.5. The molecule has 4 rings (SSSR count). The maximum absolute atomic E-state index is 12.8. The summed E-state index contributed by atoms with van der Waals surface area (Å²) in [7, 11) is 0. The number of benzene rings is 2. The van der Waals surface area contributed by atoms with Crippen LogP contribution in [0.3, 0.4) is 0 Å². The Hall–Kier alpha value is -2.82. The number of hydrogen-bond acceptors (Lipinski definition) is 3. The Morgan fingerprint density at radius 3 is 2.45 bits per heavy atom. The van der Waals surface area contributed by atoms with E-state index in [0.717, 1.165) is 22.6 Å². The maximum Gasteiger partial charge on any atom is 0.260 e. The molecule has 2 aliphatic rings. The van der Waals surface area contributed by atoms with E-state index in [1.807, 2.05) is 53.4 Å². The van der Waals surface area contributed by atoms with Crippen LogP contribution in [0.2, 0.25) is 0 Å². The number of piperidine rings is 1. The van der Waals surface area contributed by atoms with Crippen molar-refractivity contribution in [3.63, 3.8) is 0 Å². The molecule has 0 radical (unpaired) electrons. The van der Waals surface area contributed by atoms with Crippen molar-refractivity contribution in [2.75, 3.05) is 25.0 Å². The number of para-hydroxylation sites is 2. The quantitative estimate of drug-likeness (QED) is 0.863. The van der Waals surface area contributed by atoms with Crippen molar-refractivity contribution in [3.05, 3.63) is 59.7 Å². The first-order valence-electron chi connectivity index (χ1n) is 10.2. The van der Waals surface area contributed by atoms with Gasteiger partial charge in [0.25, 0.3) is 5.91 Å². The molecule has 2 amide bonds. The van der Waals surface area contributed by atoms with Gasteiger partial charge in [-0.3, -0.25) is 9.59 Å². The predicted molar refractivity (Wildman–Crippen MR) is 113 cm³/mol. The van der Waals surface area contributed by atoms with Crippen LogP contribution in [0.4, 0.5) is 5.69 Å². The van der Waals surface area contributed by atoms with Gasteiger partial charge in [-0.15, -0.1) is 0 Å². The van der Waals surface area contributed by atoms with E-state index in [-0.39, 0.29) is 23.8 Å². The minimum absolute atomic E-state index is 0.0167. The predicted octanol–water partition coefficient (Wildman–Crippen LogP) is 3.88. The number of rotatable bonds is 3. The highest BCUT2D eigenvalue weighted by Crippen LogP contribution is 2.44. The third kappa shape index (κ3) is 3.50. The lowest BCUT2D eigenvalue weighted by Crippen LogP contribution is -2.49. The van der Waals surface area contributed by atoms with E-state index < -0.39 is 5.41 Å². The topological polar surface area (TPSA) is 58.6 Å². The third-order valence-corrected chi connectivity index (χ3v) is 6.14. The van der Waals surface area contributed by atoms with Gasteiger partial charge in [0.2, 0.25) is 5.91 Å². The van der Waals surface area contributed by atoms with E-state index >= 15 is 0 Å². The van der Waals surface area contributed by atoms with Crippen molar-refractivity contribution in [2.24, 2.45) is 0 Å². The number of fused-ring (bicyclic) bond motifs is 2. The lowest BCUT2D eigenvalue weighted by atomic mass is 9.73. The molecular weight excluding hydrogens is 364 g/mol. The minimum Gasteiger partial charge on any atom is -0.483 e. The van der Waals surface area contributed by atoms with Gasteiger partial charge in [-0.05, 0) is 41.5 Å². The fraction of sp³-hybridized carbons (Fsp3) is 0.417. The molecular formula is C24H28N2O3. The Morgan fingerprint density at radius 2 is 1.72 bits per heavy atom. The third-order valence-electron chi connectivity index (χ3n) is 6.14. The molecule has 2 aliphatic heterocycles. The number of hydrogen-bond donors (Lipinski definition) is 1. The lowest BCUT2D eigenvalue weighted by molar-refractivity contribution is -0.137. The normalized spacial score (nSPS) is 17.8. The van der Waals surface area contributed by atoms with E-state index in [2.05, 4.69) is 26.1 Å². The first-order chi connectivity index (χ1) is 13.8. The van der Waals surface area contributed by atoms with Crippen molar-refractivity contribution < 1.29 is 14.3 Å². The van der Waals surface area contributed by atoms with Gasteiger partial charge in [-0.2, -0.15) is 0 Å². The van der Waals surface area contributed by atoms with E-state index in [1.165, 1.54) is 0 Å². The van der Waals surface area contributed by atoms with E-state index in [9.17, 15) is 9.59 Å². The highest BCUT2D eigenvalue weighted by molar-refractivity contribution is 6.06. The van der Waals surface area contributed by atoms with Gasteiger partial charge in [-0.25, -0.2) is 0 Å². The summed E-state index contributed by atoms with van der Waals surface area (Å²) in [5.74, 6) is 0.780. The molecule has 2 aromatic rings. The number of amides is 2. The summed E-state index contributed by atoms with van der Waals surface area (Å²) >= 11 is 0. The summed E-state index contributed by atoms with van der Waals surface area (Å²) in [5, 5.41) is 3.00. The second-order valence-electron chi connectivity index (χ2n) is 9.00. The minimum atomic E-state index is -0.507. The number of nitrogens with zero attached hydrogens (tertiary/aromatic N) is 1. The second kappa shape index (κ2) is 7.21. The van der Waals surface area contributed by atoms with Gasteiger partial charge in [0.05, 0.1) is 5.41 Å². The summed E-state index contributed by atoms with van der Waals surface area (Å²) < 4.78 is 5.90. The Balaban J connectivity index is 1.40. The second-order valence-corrected chi connectivity index (χ2v) is 9.00. The van der Waals surface area contributed by atoms with Gasteiger partial charge in [0, 0.05) is 18.8 Å². The van der Waals surface area contributed by atoms with E-state index in [4.69, 9.17) is 4.74 Å². The summed E-state index contributed by atoms with van der Waals surface area (Å²) in [6, 6.07) is 15.7. The van der Waals surface area contributed by atoms with Crippen molar-refractivity contribution >= 4 is 17.5 Å². The largest absolute Gasteiger partial charge is 0.483 e. The zero-order chi connectivity index (χ0) is 20.6. The molecule has 5 nitrogen and oxygen atoms in total. The van der Waals surface area contributed by atoms with Crippen LogP contribution in [0.1, 0.15) is 44.7 Å². The fourth-order valence-electron chi connectivity index (χ4n) is 4.45. The van der Waals surface area contributed by atoms with E-state index in [0.29, 0.717) is 25.9 Å². The van der Waals surface area contributed by atoms with Crippen LogP contribution in [-0.4, -0.2) is 36.4 Å². The molecule has 29 heavy (non-hydrogen) atoms. The van der Waals surface area contributed by atoms with Crippen LogP contribution < -0.4 is 10.1 Å². The number of carbonyl (C=O) groups is 2. The summed E-state index contributed by atoms with van der Waals surface area (Å²) in [5.41, 5.74) is 2.49. The van der Waals surface area contributed by atoms with Crippen molar-refractivity contribution in [1.82, 2.24) is 4.90 Å². The summed E-state index contributed by atoms with van der Waals surface area (Å²) in [4.78, 5) is 27.3. The Morgan fingerprint density at radius 1 is 1.07 bits per heavy atom. The average Bonchev–Trinajstić information content (AvgIpc) is 2.98. The highest BCUT2D eigenvalue weighted by Gasteiger charge is 2.48. The number of anilines is 1. The van der Waals surface area contributed by atoms with Crippen molar-refractivity contribution in [2.45, 2.75) is 44.4 Å². The molecule has 0 aliphatic carbocycles. The zero-order valence-electron chi connectivity index (χ0n) is 17.3. The van der Waals surface area contributed by atoms with Crippen LogP contribution in [0.25, 0.3) is 0 Å². The molecule has 0 saturated carbocycles. The number of ether oxygens (including phenoxy) is 1. The van der Waals surface area contributed by atoms with Gasteiger partial charge >= 0.3 is 0 Å². The zero-order valence-corrected chi connectivity index (χ0v) is 17.3. The molecule has 1 N–H and O–H groups in total. The number of nitrogens with one attached hydrogen (secondary N) is 1. The maximum atomic E-state index is 12.8. The van der Waals surface area contributed by atoms with Crippen molar-refractivity contribution in [1.29, 1.82) is 0 Å². The molecule has 5 heteroatoms. The standard InChI is InChI=1S/C24H28N2O3/c1-23(2,3)18-9-5-7-11-20(18)29-16-21(27)26-14-12-24(13-15-26)17-8-4-6-10-19(17)25-22(24)28/h4-11H,12-16H2,1-3H3,(H,25,28). The average molecular weight is 392 g/mol. The van der Waals surface area contributed by atoms with Crippen molar-refractivity contribution in [3.8, 4) is 5.75 Å². The van der Waals surface area contributed by atoms with Crippen LogP contribution in [0.5, 0.6) is 5.75 Å². The molecule has 0 atom stereocenters. The van der Waals surface area contributed by atoms with Gasteiger partial charge < -0.3 is 15.0 Å². The fourth-order valence-corrected chi connectivity index (χ4v) is 4.45. The SMILES string of the molecule is CC(C)(C)c1ccccc1OCC(=O)N1CCC2(CC1)C(=O)Nc1ccccc12. The summed E-state index contributed by atoms with van der Waals surface area (Å²) in [6.07, 6.45) is 1.28. The smallest absolute Gasteiger partial charge is 0.260 e. The van der Waals surface area contributed by atoms with Crippen LogP contribution in [-0.2, 0) is 20.4 Å².